The largest absolute Gasteiger partial charge is 0.468 e. The summed E-state index contributed by atoms with van der Waals surface area (Å²) >= 11 is 5.13. The van der Waals surface area contributed by atoms with Crippen molar-refractivity contribution in [3.8, 4) is 6.07 Å². The van der Waals surface area contributed by atoms with E-state index in [4.69, 9.17) is 22.2 Å². The number of amides is 1. The number of carbonyl (C=O) groups is 1. The van der Waals surface area contributed by atoms with Gasteiger partial charge in [-0.2, -0.15) is 5.26 Å². The number of hydrogen-bond donors (Lipinski definition) is 0. The van der Waals surface area contributed by atoms with Crippen LogP contribution in [-0.2, 0) is 9.53 Å². The van der Waals surface area contributed by atoms with Gasteiger partial charge in [-0.05, 0) is 48.3 Å². The molecule has 114 valence electrons. The second kappa shape index (κ2) is 6.71. The van der Waals surface area contributed by atoms with E-state index < -0.39 is 0 Å². The first-order chi connectivity index (χ1) is 10.4. The van der Waals surface area contributed by atoms with E-state index in [0.29, 0.717) is 12.2 Å². The Hall–Kier alpha value is -2.19. The smallest absolute Gasteiger partial charge is 0.266 e. The number of thiocarbonyl (C=S) groups is 1. The topological polar surface area (TPSA) is 53.3 Å². The van der Waals surface area contributed by atoms with Crippen LogP contribution in [0.3, 0.4) is 0 Å². The third-order valence-electron chi connectivity index (χ3n) is 3.72. The molecule has 1 aromatic carbocycles. The minimum absolute atomic E-state index is 0.0231. The Morgan fingerprint density at radius 1 is 1.45 bits per heavy atom. The highest BCUT2D eigenvalue weighted by Crippen LogP contribution is 2.22. The number of benzene rings is 1. The van der Waals surface area contributed by atoms with Crippen LogP contribution in [-0.4, -0.2) is 28.6 Å². The van der Waals surface area contributed by atoms with Crippen molar-refractivity contribution >= 4 is 28.9 Å². The maximum atomic E-state index is 12.5. The van der Waals surface area contributed by atoms with E-state index in [1.807, 2.05) is 32.9 Å². The van der Waals surface area contributed by atoms with Crippen LogP contribution in [0.5, 0.6) is 0 Å². The molecular formula is C17H18N2O2S. The molecule has 0 bridgehead atoms. The molecular weight excluding hydrogens is 296 g/mol. The maximum Gasteiger partial charge on any atom is 0.266 e. The van der Waals surface area contributed by atoms with E-state index in [-0.39, 0.29) is 23.0 Å². The molecule has 0 radical (unpaired) electrons. The molecule has 0 unspecified atom stereocenters. The predicted octanol–water partition coefficient (Wildman–Crippen LogP) is 3.13. The molecule has 1 aliphatic heterocycles. The Bertz CT molecular complexity index is 656. The lowest BCUT2D eigenvalue weighted by Crippen LogP contribution is -2.40. The molecule has 2 rings (SSSR count). The number of nitrogens with zero attached hydrogens (tertiary/aromatic N) is 2. The summed E-state index contributed by atoms with van der Waals surface area (Å²) in [6.45, 7) is 6.40. The molecule has 1 aliphatic rings. The predicted molar refractivity (Wildman–Crippen MR) is 88.8 cm³/mol. The SMILES string of the molecule is C/C(=C\C(=O)N1C(=S)OC[C@@H]1C(C)C)c1ccc(C#N)cc1. The van der Waals surface area contributed by atoms with Gasteiger partial charge in [0.25, 0.3) is 11.1 Å². The van der Waals surface area contributed by atoms with Gasteiger partial charge in [-0.1, -0.05) is 26.0 Å². The zero-order valence-corrected chi connectivity index (χ0v) is 13.7. The van der Waals surface area contributed by atoms with E-state index in [9.17, 15) is 4.79 Å². The van der Waals surface area contributed by atoms with Gasteiger partial charge in [-0.15, -0.1) is 0 Å². The fraction of sp³-hybridized carbons (Fsp3) is 0.353. The van der Waals surface area contributed by atoms with Crippen LogP contribution in [0.25, 0.3) is 5.57 Å². The molecule has 0 spiro atoms. The van der Waals surface area contributed by atoms with Gasteiger partial charge in [0.2, 0.25) is 0 Å². The van der Waals surface area contributed by atoms with E-state index >= 15 is 0 Å². The summed E-state index contributed by atoms with van der Waals surface area (Å²) in [6.07, 6.45) is 1.57. The monoisotopic (exact) mass is 314 g/mol. The minimum atomic E-state index is -0.164. The molecule has 0 aliphatic carbocycles. The molecule has 1 amide bonds. The van der Waals surface area contributed by atoms with E-state index in [1.54, 1.807) is 23.1 Å². The third kappa shape index (κ3) is 3.34. The first-order valence-electron chi connectivity index (χ1n) is 7.13. The molecule has 1 aromatic rings. The summed E-state index contributed by atoms with van der Waals surface area (Å²) < 4.78 is 5.35. The van der Waals surface area contributed by atoms with Crippen molar-refractivity contribution in [2.24, 2.45) is 5.92 Å². The van der Waals surface area contributed by atoms with Crippen molar-refractivity contribution < 1.29 is 9.53 Å². The summed E-state index contributed by atoms with van der Waals surface area (Å²) in [5.74, 6) is 0.107. The second-order valence-corrected chi connectivity index (χ2v) is 5.96. The van der Waals surface area contributed by atoms with Gasteiger partial charge >= 0.3 is 0 Å². The van der Waals surface area contributed by atoms with E-state index in [1.165, 1.54) is 0 Å². The average Bonchev–Trinajstić information content (AvgIpc) is 2.89. The van der Waals surface area contributed by atoms with Crippen molar-refractivity contribution in [2.45, 2.75) is 26.8 Å². The first kappa shape index (κ1) is 16.2. The zero-order valence-electron chi connectivity index (χ0n) is 12.9. The van der Waals surface area contributed by atoms with Crippen LogP contribution in [0, 0.1) is 17.2 Å². The number of rotatable bonds is 3. The first-order valence-corrected chi connectivity index (χ1v) is 7.53. The lowest BCUT2D eigenvalue weighted by molar-refractivity contribution is -0.123. The van der Waals surface area contributed by atoms with E-state index in [2.05, 4.69) is 6.07 Å². The Kier molecular flexibility index (Phi) is 4.94. The Balaban J connectivity index is 2.21. The normalized spacial score (nSPS) is 18.3. The highest BCUT2D eigenvalue weighted by molar-refractivity contribution is 7.80. The number of allylic oxidation sites excluding steroid dienone is 1. The van der Waals surface area contributed by atoms with Crippen molar-refractivity contribution in [2.75, 3.05) is 6.61 Å². The Morgan fingerprint density at radius 2 is 2.09 bits per heavy atom. The summed E-state index contributed by atoms with van der Waals surface area (Å²) in [6, 6.07) is 9.18. The molecule has 1 fully saturated rings. The van der Waals surface area contributed by atoms with Crippen molar-refractivity contribution in [1.82, 2.24) is 4.90 Å². The lowest BCUT2D eigenvalue weighted by Gasteiger charge is -2.22. The average molecular weight is 314 g/mol. The molecule has 4 nitrogen and oxygen atoms in total. The van der Waals surface area contributed by atoms with Gasteiger partial charge in [-0.3, -0.25) is 9.69 Å². The standard InChI is InChI=1S/C17H18N2O2S/c1-11(2)15-10-21-17(22)19(15)16(20)8-12(3)14-6-4-13(9-18)5-7-14/h4-8,11,15H,10H2,1-3H3/b12-8+/t15-/m1/s1. The number of carbonyl (C=O) groups excluding carboxylic acids is 1. The van der Waals surface area contributed by atoms with Gasteiger partial charge in [0.05, 0.1) is 17.7 Å². The van der Waals surface area contributed by atoms with Crippen LogP contribution < -0.4 is 0 Å². The van der Waals surface area contributed by atoms with Crippen molar-refractivity contribution in [3.63, 3.8) is 0 Å². The fourth-order valence-corrected chi connectivity index (χ4v) is 2.62. The minimum Gasteiger partial charge on any atom is -0.468 e. The van der Waals surface area contributed by atoms with Crippen molar-refractivity contribution in [3.05, 3.63) is 41.5 Å². The molecule has 22 heavy (non-hydrogen) atoms. The zero-order chi connectivity index (χ0) is 16.3. The van der Waals surface area contributed by atoms with Crippen LogP contribution in [0.4, 0.5) is 0 Å². The number of nitriles is 1. The second-order valence-electron chi connectivity index (χ2n) is 5.61. The van der Waals surface area contributed by atoms with Crippen molar-refractivity contribution in [1.29, 1.82) is 5.26 Å². The van der Waals surface area contributed by atoms with Crippen LogP contribution in [0.1, 0.15) is 31.9 Å². The Morgan fingerprint density at radius 3 is 2.64 bits per heavy atom. The number of ether oxygens (including phenoxy) is 1. The van der Waals surface area contributed by atoms with Gasteiger partial charge < -0.3 is 4.74 Å². The quantitative estimate of drug-likeness (QED) is 0.635. The molecule has 0 N–H and O–H groups in total. The molecule has 0 saturated carbocycles. The van der Waals surface area contributed by atoms with E-state index in [0.717, 1.165) is 11.1 Å². The summed E-state index contributed by atoms with van der Waals surface area (Å²) in [5.41, 5.74) is 2.32. The maximum absolute atomic E-state index is 12.5. The molecule has 1 saturated heterocycles. The van der Waals surface area contributed by atoms with Gasteiger partial charge in [0.15, 0.2) is 0 Å². The fourth-order valence-electron chi connectivity index (χ4n) is 2.33. The number of hydrogen-bond acceptors (Lipinski definition) is 4. The van der Waals surface area contributed by atoms with Crippen LogP contribution in [0.2, 0.25) is 0 Å². The third-order valence-corrected chi connectivity index (χ3v) is 4.04. The van der Waals surface area contributed by atoms with Gasteiger partial charge in [0, 0.05) is 6.08 Å². The summed E-state index contributed by atoms with van der Waals surface area (Å²) in [7, 11) is 0. The molecule has 0 aromatic heterocycles. The lowest BCUT2D eigenvalue weighted by atomic mass is 10.0. The molecule has 1 atom stereocenters. The highest BCUT2D eigenvalue weighted by Gasteiger charge is 2.35. The summed E-state index contributed by atoms with van der Waals surface area (Å²) in [4.78, 5) is 14.1. The van der Waals surface area contributed by atoms with Gasteiger partial charge in [-0.25, -0.2) is 0 Å². The van der Waals surface area contributed by atoms with Crippen LogP contribution >= 0.6 is 12.2 Å². The molecule has 5 heteroatoms. The highest BCUT2D eigenvalue weighted by atomic mass is 32.1. The Labute approximate surface area is 136 Å². The summed E-state index contributed by atoms with van der Waals surface area (Å²) in [5, 5.41) is 9.06. The van der Waals surface area contributed by atoms with Gasteiger partial charge in [0.1, 0.15) is 6.61 Å². The molecule has 1 heterocycles. The van der Waals surface area contributed by atoms with Crippen LogP contribution in [0.15, 0.2) is 30.3 Å².